The molecule has 2 amide bonds. The molecular weight excluding hydrogens is 558 g/mol. The molecule has 0 saturated heterocycles. The Morgan fingerprint density at radius 2 is 1.67 bits per heavy atom. The first kappa shape index (κ1) is 32.5. The van der Waals surface area contributed by atoms with Gasteiger partial charge in [-0.3, -0.25) is 14.4 Å². The van der Waals surface area contributed by atoms with Crippen LogP contribution in [0.5, 0.6) is 5.75 Å². The van der Waals surface area contributed by atoms with Gasteiger partial charge in [0.1, 0.15) is 5.75 Å². The molecule has 2 aromatic rings. The fraction of sp³-hybridized carbons (Fsp3) is 0.516. The van der Waals surface area contributed by atoms with Gasteiger partial charge in [0.05, 0.1) is 13.7 Å². The van der Waals surface area contributed by atoms with Crippen LogP contribution in [0.2, 0.25) is 0 Å². The van der Waals surface area contributed by atoms with Crippen molar-refractivity contribution < 1.29 is 19.1 Å². The highest BCUT2D eigenvalue weighted by Gasteiger charge is 2.25. The third-order valence-corrected chi connectivity index (χ3v) is 7.85. The predicted molar refractivity (Wildman–Crippen MR) is 163 cm³/mol. The number of benzene rings is 2. The highest BCUT2D eigenvalue weighted by Crippen LogP contribution is 2.32. The summed E-state index contributed by atoms with van der Waals surface area (Å²) in [6.45, 7) is 8.08. The van der Waals surface area contributed by atoms with Crippen molar-refractivity contribution >= 4 is 44.9 Å². The quantitative estimate of drug-likeness (QED) is 0.306. The number of likely N-dealkylation sites (N-methyl/N-ethyl adjacent to an activating group) is 1. The minimum Gasteiger partial charge on any atom is -0.496 e. The number of amides is 2. The van der Waals surface area contributed by atoms with Crippen molar-refractivity contribution in [3.05, 3.63) is 51.5 Å². The van der Waals surface area contributed by atoms with Gasteiger partial charge in [0.15, 0.2) is 5.78 Å². The van der Waals surface area contributed by atoms with Gasteiger partial charge in [0, 0.05) is 33.4 Å². The average molecular weight is 603 g/mol. The van der Waals surface area contributed by atoms with Crippen LogP contribution in [0.3, 0.4) is 0 Å². The molecule has 0 aromatic heterocycles. The number of carbonyl (C=O) groups is 3. The Morgan fingerprint density at radius 3 is 2.21 bits per heavy atom. The number of Topliss-reactive ketones (excluding diaryl/α,β-unsaturated/α-hetero) is 1. The highest BCUT2D eigenvalue weighted by molar-refractivity contribution is 9.10. The standard InChI is InChI=1S/C17H25NO2.C14H19BrN2O2/c1-4-13-6-8-14(9-7-13)17(19)18-15-10-5-12(2)16(11-15)20-3;1-5-11-12(9(2)18)6-10(7-13(11)15)16-14(19)8-17(3)4/h5,10-11,13-14H,4,6-9H2,1-3H3,(H,18,19);6-7H,5,8H2,1-4H3,(H,16,19). The Bertz CT molecular complexity index is 1140. The Morgan fingerprint density at radius 1 is 1.00 bits per heavy atom. The number of halogens is 1. The molecule has 0 spiro atoms. The molecule has 0 heterocycles. The Hall–Kier alpha value is -2.71. The topological polar surface area (TPSA) is 87.7 Å². The molecule has 0 radical (unpaired) electrons. The number of ketones is 1. The van der Waals surface area contributed by atoms with E-state index >= 15 is 0 Å². The largest absolute Gasteiger partial charge is 0.496 e. The van der Waals surface area contributed by atoms with Gasteiger partial charge in [-0.15, -0.1) is 0 Å². The first-order chi connectivity index (χ1) is 18.5. The smallest absolute Gasteiger partial charge is 0.238 e. The number of nitrogens with one attached hydrogen (secondary N) is 2. The molecule has 39 heavy (non-hydrogen) atoms. The van der Waals surface area contributed by atoms with Crippen molar-refractivity contribution in [2.75, 3.05) is 38.4 Å². The van der Waals surface area contributed by atoms with E-state index in [1.807, 2.05) is 52.2 Å². The molecule has 8 heteroatoms. The van der Waals surface area contributed by atoms with Crippen LogP contribution in [-0.4, -0.2) is 50.2 Å². The van der Waals surface area contributed by atoms with Crippen molar-refractivity contribution in [2.45, 2.75) is 66.2 Å². The van der Waals surface area contributed by atoms with Gasteiger partial charge in [-0.05, 0) is 95.3 Å². The number of methoxy groups -OCH3 is 1. The second-order valence-corrected chi connectivity index (χ2v) is 11.3. The normalized spacial score (nSPS) is 16.6. The number of hydrogen-bond donors (Lipinski definition) is 2. The number of rotatable bonds is 9. The third kappa shape index (κ3) is 10.1. The molecular formula is C31H44BrN3O4. The molecule has 0 aliphatic heterocycles. The second-order valence-electron chi connectivity index (χ2n) is 10.5. The fourth-order valence-corrected chi connectivity index (χ4v) is 5.59. The molecule has 2 aromatic carbocycles. The molecule has 0 unspecified atom stereocenters. The first-order valence-electron chi connectivity index (χ1n) is 13.7. The van der Waals surface area contributed by atoms with Gasteiger partial charge < -0.3 is 20.3 Å². The maximum atomic E-state index is 12.3. The summed E-state index contributed by atoms with van der Waals surface area (Å²) in [6, 6.07) is 9.37. The lowest BCUT2D eigenvalue weighted by Gasteiger charge is -2.27. The van der Waals surface area contributed by atoms with Crippen molar-refractivity contribution in [3.63, 3.8) is 0 Å². The number of nitrogens with zero attached hydrogens (tertiary/aromatic N) is 1. The molecule has 3 rings (SSSR count). The lowest BCUT2D eigenvalue weighted by molar-refractivity contribution is -0.121. The van der Waals surface area contributed by atoms with Gasteiger partial charge in [0.25, 0.3) is 0 Å². The van der Waals surface area contributed by atoms with E-state index < -0.39 is 0 Å². The zero-order valence-electron chi connectivity index (χ0n) is 24.4. The summed E-state index contributed by atoms with van der Waals surface area (Å²) in [5.74, 6) is 1.86. The summed E-state index contributed by atoms with van der Waals surface area (Å²) in [6.07, 6.45) is 6.42. The molecule has 0 atom stereocenters. The minimum absolute atomic E-state index is 0.00117. The Labute approximate surface area is 242 Å². The molecule has 1 fully saturated rings. The van der Waals surface area contributed by atoms with Crippen molar-refractivity contribution in [2.24, 2.45) is 11.8 Å². The van der Waals surface area contributed by atoms with E-state index in [4.69, 9.17) is 4.74 Å². The molecule has 214 valence electrons. The van der Waals surface area contributed by atoms with Crippen molar-refractivity contribution in [1.82, 2.24) is 4.90 Å². The lowest BCUT2D eigenvalue weighted by atomic mass is 9.80. The molecule has 7 nitrogen and oxygen atoms in total. The molecule has 2 N–H and O–H groups in total. The zero-order valence-corrected chi connectivity index (χ0v) is 26.0. The van der Waals surface area contributed by atoms with E-state index in [2.05, 4.69) is 33.5 Å². The molecule has 1 saturated carbocycles. The van der Waals surface area contributed by atoms with Gasteiger partial charge >= 0.3 is 0 Å². The van der Waals surface area contributed by atoms with Crippen LogP contribution in [0, 0.1) is 18.8 Å². The first-order valence-corrected chi connectivity index (χ1v) is 14.5. The lowest BCUT2D eigenvalue weighted by Crippen LogP contribution is -2.27. The molecule has 1 aliphatic carbocycles. The van der Waals surface area contributed by atoms with Crippen LogP contribution in [0.15, 0.2) is 34.8 Å². The third-order valence-electron chi connectivity index (χ3n) is 7.14. The summed E-state index contributed by atoms with van der Waals surface area (Å²) in [7, 11) is 5.31. The predicted octanol–water partition coefficient (Wildman–Crippen LogP) is 6.87. The maximum Gasteiger partial charge on any atom is 0.238 e. The minimum atomic E-state index is -0.101. The van der Waals surface area contributed by atoms with E-state index in [0.29, 0.717) is 17.8 Å². The number of ether oxygens (including phenoxy) is 1. The van der Waals surface area contributed by atoms with E-state index in [0.717, 1.165) is 52.2 Å². The summed E-state index contributed by atoms with van der Waals surface area (Å²) < 4.78 is 6.14. The summed E-state index contributed by atoms with van der Waals surface area (Å²) >= 11 is 3.45. The van der Waals surface area contributed by atoms with Gasteiger partial charge in [0.2, 0.25) is 11.8 Å². The van der Waals surface area contributed by atoms with Gasteiger partial charge in [-0.1, -0.05) is 42.3 Å². The van der Waals surface area contributed by atoms with Crippen LogP contribution in [0.4, 0.5) is 11.4 Å². The Balaban J connectivity index is 0.000000274. The maximum absolute atomic E-state index is 12.3. The Kier molecular flexibility index (Phi) is 13.1. The van der Waals surface area contributed by atoms with Crippen molar-refractivity contribution in [1.29, 1.82) is 0 Å². The van der Waals surface area contributed by atoms with E-state index in [9.17, 15) is 14.4 Å². The number of anilines is 2. The number of hydrogen-bond acceptors (Lipinski definition) is 5. The van der Waals surface area contributed by atoms with Crippen LogP contribution >= 0.6 is 15.9 Å². The fourth-order valence-electron chi connectivity index (χ4n) is 4.84. The number of aryl methyl sites for hydroxylation is 1. The van der Waals surface area contributed by atoms with Crippen LogP contribution in [0.1, 0.15) is 74.4 Å². The van der Waals surface area contributed by atoms with Crippen molar-refractivity contribution in [3.8, 4) is 5.75 Å². The van der Waals surface area contributed by atoms with Gasteiger partial charge in [-0.2, -0.15) is 0 Å². The van der Waals surface area contributed by atoms with Crippen LogP contribution in [-0.2, 0) is 16.0 Å². The van der Waals surface area contributed by atoms with Gasteiger partial charge in [-0.25, -0.2) is 0 Å². The molecule has 1 aliphatic rings. The number of carbonyl (C=O) groups excluding carboxylic acids is 3. The average Bonchev–Trinajstić information content (AvgIpc) is 2.89. The summed E-state index contributed by atoms with van der Waals surface area (Å²) in [4.78, 5) is 37.5. The van der Waals surface area contributed by atoms with Crippen LogP contribution in [0.25, 0.3) is 0 Å². The molecule has 0 bridgehead atoms. The summed E-state index contributed by atoms with van der Waals surface area (Å²) in [5, 5.41) is 5.83. The zero-order chi connectivity index (χ0) is 29.1. The SMILES string of the molecule is CCC1CCC(C(=O)Nc2ccc(C)c(OC)c2)CC1.CCc1c(Br)cc(NC(=O)CN(C)C)cc1C(C)=O. The van der Waals surface area contributed by atoms with E-state index in [1.54, 1.807) is 18.1 Å². The monoisotopic (exact) mass is 601 g/mol. The van der Waals surface area contributed by atoms with E-state index in [1.165, 1.54) is 26.2 Å². The highest BCUT2D eigenvalue weighted by atomic mass is 79.9. The van der Waals surface area contributed by atoms with Crippen LogP contribution < -0.4 is 15.4 Å². The van der Waals surface area contributed by atoms with E-state index in [-0.39, 0.29) is 23.5 Å². The second kappa shape index (κ2) is 15.8. The summed E-state index contributed by atoms with van der Waals surface area (Å²) in [5.41, 5.74) is 4.17.